The number of nitrogens with zero attached hydrogens (tertiary/aromatic N) is 5. The van der Waals surface area contributed by atoms with Crippen molar-refractivity contribution in [2.45, 2.75) is 12.4 Å². The highest BCUT2D eigenvalue weighted by Gasteiger charge is 2.37. The molecule has 70 heavy (non-hydrogen) atoms. The van der Waals surface area contributed by atoms with Gasteiger partial charge in [0.25, 0.3) is 0 Å². The number of hydrogen-bond acceptors (Lipinski definition) is 3. The summed E-state index contributed by atoms with van der Waals surface area (Å²) in [5, 5.41) is 32.8. The number of hydrogen-bond donors (Lipinski definition) is 0. The largest absolute Gasteiger partial charge is 0.416 e. The number of alkyl halides is 6. The SMILES string of the molecule is N#Cc1ccc(-c2ccc3c(c2)c2ccccc2n3-c2ccc(C#N)cc2-c2ccc(-c3cc(C(F)(F)F)cc(C(F)(F)F)c3)cc2-n2c3ccccc3c3cc(-c4ccc(C#N)cc4)ccc32)cc1. The zero-order valence-corrected chi connectivity index (χ0v) is 36.4. The van der Waals surface area contributed by atoms with Crippen LogP contribution in [0.3, 0.4) is 0 Å². The number of halogens is 6. The van der Waals surface area contributed by atoms with Crippen molar-refractivity contribution in [3.8, 4) is 74.1 Å². The van der Waals surface area contributed by atoms with Gasteiger partial charge in [0, 0.05) is 32.7 Å². The Hall–Kier alpha value is -9.37. The fourth-order valence-electron chi connectivity index (χ4n) is 9.56. The van der Waals surface area contributed by atoms with Gasteiger partial charge in [-0.3, -0.25) is 0 Å². The van der Waals surface area contributed by atoms with Gasteiger partial charge < -0.3 is 9.13 Å². The van der Waals surface area contributed by atoms with Gasteiger partial charge in [-0.1, -0.05) is 84.9 Å². The molecule has 2 aromatic heterocycles. The summed E-state index contributed by atoms with van der Waals surface area (Å²) >= 11 is 0. The van der Waals surface area contributed by atoms with Crippen molar-refractivity contribution in [2.24, 2.45) is 0 Å². The van der Waals surface area contributed by atoms with Crippen LogP contribution in [0.5, 0.6) is 0 Å². The fraction of sp³-hybridized carbons (Fsp3) is 0.0339. The van der Waals surface area contributed by atoms with Gasteiger partial charge >= 0.3 is 12.4 Å². The predicted octanol–water partition coefficient (Wildman–Crippen LogP) is 16.2. The topological polar surface area (TPSA) is 81.2 Å². The molecule has 0 aliphatic rings. The Labute approximate surface area is 395 Å². The van der Waals surface area contributed by atoms with Crippen LogP contribution in [-0.4, -0.2) is 9.13 Å². The minimum absolute atomic E-state index is 0.0978. The summed E-state index contributed by atoms with van der Waals surface area (Å²) in [6.07, 6.45) is -10.1. The molecule has 0 unspecified atom stereocenters. The van der Waals surface area contributed by atoms with Gasteiger partial charge in [-0.2, -0.15) is 42.1 Å². The standard InChI is InChI=1S/C59H31F6N5/c60-58(61,62)44-26-43(27-45(31-44)59(63,64)65)42-18-21-48(57(30-42)70-53-8-4-2-6-47(53)51-29-41(20-24-56(51)70)39-16-11-36(33-67)12-17-39)49-25-37(34-68)13-22-54(49)69-52-7-3-1-5-46(52)50-28-40(19-23-55(50)69)38-14-9-35(32-66)10-15-38/h1-31H. The molecule has 0 fully saturated rings. The van der Waals surface area contributed by atoms with Crippen molar-refractivity contribution in [2.75, 3.05) is 0 Å². The number of nitriles is 3. The van der Waals surface area contributed by atoms with Gasteiger partial charge in [0.15, 0.2) is 0 Å². The lowest BCUT2D eigenvalue weighted by Gasteiger charge is -2.21. The number of aromatic nitrogens is 2. The second-order valence-corrected chi connectivity index (χ2v) is 16.9. The van der Waals surface area contributed by atoms with Gasteiger partial charge in [0.2, 0.25) is 0 Å². The van der Waals surface area contributed by atoms with E-state index < -0.39 is 23.5 Å². The van der Waals surface area contributed by atoms with Gasteiger partial charge in [-0.15, -0.1) is 0 Å². The van der Waals surface area contributed by atoms with E-state index in [4.69, 9.17) is 0 Å². The first-order chi connectivity index (χ1) is 33.8. The third kappa shape index (κ3) is 7.36. The first-order valence-electron chi connectivity index (χ1n) is 21.9. The molecule has 0 radical (unpaired) electrons. The van der Waals surface area contributed by atoms with Crippen molar-refractivity contribution in [3.63, 3.8) is 0 Å². The lowest BCUT2D eigenvalue weighted by molar-refractivity contribution is -0.143. The summed E-state index contributed by atoms with van der Waals surface area (Å²) in [4.78, 5) is 0. The Kier molecular flexibility index (Phi) is 10.2. The highest BCUT2D eigenvalue weighted by molar-refractivity contribution is 6.13. The molecule has 0 amide bonds. The Morgan fingerprint density at radius 1 is 0.314 bits per heavy atom. The molecule has 334 valence electrons. The molecule has 0 spiro atoms. The average molecular weight is 924 g/mol. The normalized spacial score (nSPS) is 11.8. The molecule has 0 aliphatic carbocycles. The smallest absolute Gasteiger partial charge is 0.309 e. The van der Waals surface area contributed by atoms with Gasteiger partial charge in [0.05, 0.1) is 79.5 Å². The first kappa shape index (κ1) is 43.2. The third-order valence-corrected chi connectivity index (χ3v) is 12.9. The molecule has 0 N–H and O–H groups in total. The van der Waals surface area contributed by atoms with Crippen LogP contribution in [0.15, 0.2) is 188 Å². The number of fused-ring (bicyclic) bond motifs is 6. The second kappa shape index (κ2) is 16.4. The third-order valence-electron chi connectivity index (χ3n) is 12.9. The molecule has 0 saturated heterocycles. The summed E-state index contributed by atoms with van der Waals surface area (Å²) in [6.45, 7) is 0. The minimum Gasteiger partial charge on any atom is -0.309 e. The number of benzene rings is 9. The van der Waals surface area contributed by atoms with Crippen LogP contribution in [0.4, 0.5) is 26.3 Å². The first-order valence-corrected chi connectivity index (χ1v) is 21.9. The zero-order chi connectivity index (χ0) is 48.5. The van der Waals surface area contributed by atoms with E-state index >= 15 is 0 Å². The average Bonchev–Trinajstić information content (AvgIpc) is 3.89. The van der Waals surface area contributed by atoms with E-state index in [-0.39, 0.29) is 17.2 Å². The molecule has 0 atom stereocenters. The lowest BCUT2D eigenvalue weighted by Crippen LogP contribution is -2.11. The zero-order valence-electron chi connectivity index (χ0n) is 36.4. The van der Waals surface area contributed by atoms with Crippen molar-refractivity contribution < 1.29 is 26.3 Å². The maximum Gasteiger partial charge on any atom is 0.416 e. The highest BCUT2D eigenvalue weighted by atomic mass is 19.4. The summed E-state index contributed by atoms with van der Waals surface area (Å²) in [5.41, 5.74) is 7.14. The maximum absolute atomic E-state index is 14.4. The van der Waals surface area contributed by atoms with E-state index in [9.17, 15) is 42.1 Å². The van der Waals surface area contributed by atoms with Gasteiger partial charge in [0.1, 0.15) is 0 Å². The molecule has 11 aromatic rings. The minimum atomic E-state index is -5.07. The van der Waals surface area contributed by atoms with E-state index in [1.54, 1.807) is 48.5 Å². The molecule has 9 aromatic carbocycles. The van der Waals surface area contributed by atoms with Crippen molar-refractivity contribution in [3.05, 3.63) is 216 Å². The number of para-hydroxylation sites is 2. The Morgan fingerprint density at radius 2 is 0.729 bits per heavy atom. The van der Waals surface area contributed by atoms with Gasteiger partial charge in [-0.25, -0.2) is 0 Å². The fourth-order valence-corrected chi connectivity index (χ4v) is 9.56. The quantitative estimate of drug-likeness (QED) is 0.156. The molecule has 0 saturated carbocycles. The number of rotatable bonds is 6. The molecule has 0 aliphatic heterocycles. The van der Waals surface area contributed by atoms with E-state index in [0.717, 1.165) is 67.0 Å². The van der Waals surface area contributed by atoms with E-state index in [1.807, 2.05) is 114 Å². The summed E-state index contributed by atoms with van der Waals surface area (Å²) < 4.78 is 90.3. The maximum atomic E-state index is 14.4. The molecule has 11 rings (SSSR count). The Bertz CT molecular complexity index is 4030. The molecule has 0 bridgehead atoms. The summed E-state index contributed by atoms with van der Waals surface area (Å²) in [6, 6.07) is 60.3. The van der Waals surface area contributed by atoms with E-state index in [0.29, 0.717) is 50.2 Å². The van der Waals surface area contributed by atoms with Crippen LogP contribution in [0, 0.1) is 34.0 Å². The predicted molar refractivity (Wildman–Crippen MR) is 261 cm³/mol. The highest BCUT2D eigenvalue weighted by Crippen LogP contribution is 2.45. The Morgan fingerprint density at radius 3 is 1.21 bits per heavy atom. The van der Waals surface area contributed by atoms with Crippen LogP contribution < -0.4 is 0 Å². The second-order valence-electron chi connectivity index (χ2n) is 16.9. The van der Waals surface area contributed by atoms with Crippen molar-refractivity contribution >= 4 is 43.6 Å². The Balaban J connectivity index is 1.21. The molecular weight excluding hydrogens is 893 g/mol. The summed E-state index contributed by atoms with van der Waals surface area (Å²) in [7, 11) is 0. The van der Waals surface area contributed by atoms with Crippen LogP contribution in [0.25, 0.3) is 99.5 Å². The van der Waals surface area contributed by atoms with Crippen LogP contribution in [0.2, 0.25) is 0 Å². The monoisotopic (exact) mass is 923 g/mol. The van der Waals surface area contributed by atoms with Crippen LogP contribution >= 0.6 is 0 Å². The molecule has 11 heteroatoms. The molecule has 2 heterocycles. The van der Waals surface area contributed by atoms with Gasteiger partial charge in [-0.05, 0) is 137 Å². The summed E-state index contributed by atoms with van der Waals surface area (Å²) in [5.74, 6) is 0. The molecular formula is C59H31F6N5. The van der Waals surface area contributed by atoms with Crippen LogP contribution in [0.1, 0.15) is 27.8 Å². The lowest BCUT2D eigenvalue weighted by atomic mass is 9.93. The van der Waals surface area contributed by atoms with Crippen LogP contribution in [-0.2, 0) is 12.4 Å². The van der Waals surface area contributed by atoms with Crippen molar-refractivity contribution in [1.82, 2.24) is 9.13 Å². The van der Waals surface area contributed by atoms with E-state index in [1.165, 1.54) is 6.07 Å². The van der Waals surface area contributed by atoms with Crippen molar-refractivity contribution in [1.29, 1.82) is 15.8 Å². The van der Waals surface area contributed by atoms with E-state index in [2.05, 4.69) is 28.8 Å². The molecule has 5 nitrogen and oxygen atoms in total.